The number of Topliss-reactive ketones (excluding diaryl/α,β-unsaturated/α-hetero) is 1. The predicted molar refractivity (Wildman–Crippen MR) is 97.5 cm³/mol. The molecular formula is C19H20N2O5S. The molecule has 3 rings (SSSR count). The highest BCUT2D eigenvalue weighted by Gasteiger charge is 2.32. The van der Waals surface area contributed by atoms with Crippen LogP contribution in [0.25, 0.3) is 0 Å². The van der Waals surface area contributed by atoms with Crippen molar-refractivity contribution in [3.63, 3.8) is 0 Å². The van der Waals surface area contributed by atoms with Crippen LogP contribution in [-0.2, 0) is 14.6 Å². The molecule has 1 saturated heterocycles. The third-order valence-electron chi connectivity index (χ3n) is 4.70. The van der Waals surface area contributed by atoms with Crippen LogP contribution in [0.15, 0.2) is 59.8 Å². The van der Waals surface area contributed by atoms with Gasteiger partial charge in [0.25, 0.3) is 0 Å². The molecule has 0 atom stereocenters. The minimum atomic E-state index is -4.02. The van der Waals surface area contributed by atoms with Crippen LogP contribution < -0.4 is 4.73 Å². The Morgan fingerprint density at radius 1 is 1.04 bits per heavy atom. The summed E-state index contributed by atoms with van der Waals surface area (Å²) in [6, 6.07) is 13.0. The summed E-state index contributed by atoms with van der Waals surface area (Å²) in [5.74, 6) is -1.43. The van der Waals surface area contributed by atoms with Crippen LogP contribution in [0.4, 0.5) is 0 Å². The molecule has 1 fully saturated rings. The number of pyridine rings is 1. The summed E-state index contributed by atoms with van der Waals surface area (Å²) in [4.78, 5) is 26.3. The number of benzene rings is 1. The Balaban J connectivity index is 1.60. The van der Waals surface area contributed by atoms with Crippen molar-refractivity contribution in [2.45, 2.75) is 17.9 Å². The zero-order valence-corrected chi connectivity index (χ0v) is 15.5. The molecule has 1 aromatic carbocycles. The van der Waals surface area contributed by atoms with E-state index in [0.29, 0.717) is 31.5 Å². The molecule has 0 bridgehead atoms. The van der Waals surface area contributed by atoms with E-state index < -0.39 is 26.5 Å². The maximum atomic E-state index is 12.5. The first-order valence-electron chi connectivity index (χ1n) is 8.66. The maximum Gasteiger partial charge on any atom is 0.309 e. The topological polar surface area (TPSA) is 98.5 Å². The molecule has 7 nitrogen and oxygen atoms in total. The fraction of sp³-hybridized carbons (Fsp3) is 0.316. The van der Waals surface area contributed by atoms with Gasteiger partial charge in [-0.2, -0.15) is 4.73 Å². The van der Waals surface area contributed by atoms with Crippen molar-refractivity contribution < 1.29 is 22.7 Å². The van der Waals surface area contributed by atoms with Gasteiger partial charge in [0, 0.05) is 36.7 Å². The fourth-order valence-electron chi connectivity index (χ4n) is 3.21. The van der Waals surface area contributed by atoms with Crippen LogP contribution in [0.3, 0.4) is 0 Å². The highest BCUT2D eigenvalue weighted by atomic mass is 32.2. The molecule has 0 aliphatic carbocycles. The lowest BCUT2D eigenvalue weighted by molar-refractivity contribution is -0.646. The number of ketones is 1. The van der Waals surface area contributed by atoms with Crippen molar-refractivity contribution in [3.05, 3.63) is 65.5 Å². The van der Waals surface area contributed by atoms with Gasteiger partial charge in [0.15, 0.2) is 12.0 Å². The number of carbonyl (C=O) groups excluding carboxylic acids is 2. The highest BCUT2D eigenvalue weighted by Crippen LogP contribution is 2.22. The van der Waals surface area contributed by atoms with Gasteiger partial charge in [-0.3, -0.25) is 9.59 Å². The van der Waals surface area contributed by atoms with E-state index in [0.717, 1.165) is 6.20 Å². The SMILES string of the molecule is O=C(c1ccccc1)C1CCN(C(=O)CS(=O)(=O)c2cccc[n+]2[O-])CC1. The van der Waals surface area contributed by atoms with Gasteiger partial charge in [-0.05, 0) is 18.9 Å². The Bertz CT molecular complexity index is 936. The second-order valence-electron chi connectivity index (χ2n) is 6.51. The summed E-state index contributed by atoms with van der Waals surface area (Å²) in [6.07, 6.45) is 2.07. The van der Waals surface area contributed by atoms with Crippen molar-refractivity contribution >= 4 is 21.5 Å². The largest absolute Gasteiger partial charge is 0.618 e. The summed E-state index contributed by atoms with van der Waals surface area (Å²) in [5, 5.41) is 11.2. The first-order valence-corrected chi connectivity index (χ1v) is 10.3. The summed E-state index contributed by atoms with van der Waals surface area (Å²) >= 11 is 0. The molecule has 27 heavy (non-hydrogen) atoms. The van der Waals surface area contributed by atoms with Gasteiger partial charge in [0.05, 0.1) is 0 Å². The molecule has 0 N–H and O–H groups in total. The third kappa shape index (κ3) is 4.33. The minimum absolute atomic E-state index is 0.0482. The fourth-order valence-corrected chi connectivity index (χ4v) is 4.49. The number of carbonyl (C=O) groups is 2. The average Bonchev–Trinajstić information content (AvgIpc) is 2.68. The third-order valence-corrected chi connectivity index (χ3v) is 6.28. The smallest absolute Gasteiger partial charge is 0.309 e. The molecule has 0 radical (unpaired) electrons. The molecular weight excluding hydrogens is 368 g/mol. The number of hydrogen-bond acceptors (Lipinski definition) is 5. The number of amides is 1. The zero-order valence-electron chi connectivity index (χ0n) is 14.7. The van der Waals surface area contributed by atoms with E-state index in [-0.39, 0.29) is 16.4 Å². The van der Waals surface area contributed by atoms with Crippen LogP contribution in [0.5, 0.6) is 0 Å². The lowest BCUT2D eigenvalue weighted by atomic mass is 9.89. The molecule has 1 amide bonds. The van der Waals surface area contributed by atoms with E-state index in [1.807, 2.05) is 18.2 Å². The molecule has 8 heteroatoms. The van der Waals surface area contributed by atoms with Gasteiger partial charge >= 0.3 is 5.03 Å². The number of nitrogens with zero attached hydrogens (tertiary/aromatic N) is 2. The van der Waals surface area contributed by atoms with Gasteiger partial charge in [0.2, 0.25) is 15.7 Å². The van der Waals surface area contributed by atoms with Crippen LogP contribution in [0.1, 0.15) is 23.2 Å². The molecule has 2 heterocycles. The molecule has 2 aromatic rings. The van der Waals surface area contributed by atoms with E-state index in [1.165, 1.54) is 23.1 Å². The standard InChI is InChI=1S/C19H20N2O5S/c22-17(14-27(25,26)18-8-4-5-11-21(18)24)20-12-9-16(10-13-20)19(23)15-6-2-1-3-7-15/h1-8,11,16H,9-10,12-14H2. The number of hydrogen-bond donors (Lipinski definition) is 0. The Kier molecular flexibility index (Phi) is 5.55. The summed E-state index contributed by atoms with van der Waals surface area (Å²) in [7, 11) is -4.02. The van der Waals surface area contributed by atoms with Gasteiger partial charge < -0.3 is 10.1 Å². The van der Waals surface area contributed by atoms with Crippen LogP contribution >= 0.6 is 0 Å². The second kappa shape index (κ2) is 7.87. The van der Waals surface area contributed by atoms with Crippen molar-refractivity contribution in [1.29, 1.82) is 0 Å². The predicted octanol–water partition coefficient (Wildman–Crippen LogP) is 1.22. The lowest BCUT2D eigenvalue weighted by Gasteiger charge is -2.31. The minimum Gasteiger partial charge on any atom is -0.618 e. The molecule has 0 spiro atoms. The maximum absolute atomic E-state index is 12.5. The highest BCUT2D eigenvalue weighted by molar-refractivity contribution is 7.91. The Morgan fingerprint density at radius 2 is 1.67 bits per heavy atom. The molecule has 1 aliphatic rings. The second-order valence-corrected chi connectivity index (χ2v) is 8.45. The van der Waals surface area contributed by atoms with Crippen molar-refractivity contribution in [1.82, 2.24) is 4.90 Å². The Morgan fingerprint density at radius 3 is 2.30 bits per heavy atom. The number of likely N-dealkylation sites (tertiary alicyclic amines) is 1. The molecule has 0 saturated carbocycles. The monoisotopic (exact) mass is 388 g/mol. The molecule has 142 valence electrons. The first kappa shape index (κ1) is 19.0. The van der Waals surface area contributed by atoms with E-state index in [9.17, 15) is 23.2 Å². The first-order chi connectivity index (χ1) is 12.9. The number of sulfone groups is 1. The number of aromatic nitrogens is 1. The molecule has 1 aromatic heterocycles. The van der Waals surface area contributed by atoms with Crippen LogP contribution in [-0.4, -0.2) is 43.9 Å². The van der Waals surface area contributed by atoms with E-state index in [1.54, 1.807) is 12.1 Å². The molecule has 1 aliphatic heterocycles. The zero-order chi connectivity index (χ0) is 19.4. The Hall–Kier alpha value is -2.74. The van der Waals surface area contributed by atoms with Crippen LogP contribution in [0, 0.1) is 11.1 Å². The normalized spacial score (nSPS) is 15.5. The van der Waals surface area contributed by atoms with Crippen molar-refractivity contribution in [2.24, 2.45) is 5.92 Å². The van der Waals surface area contributed by atoms with Crippen molar-refractivity contribution in [2.75, 3.05) is 18.8 Å². The summed E-state index contributed by atoms with van der Waals surface area (Å²) in [6.45, 7) is 0.646. The number of piperidine rings is 1. The molecule has 0 unspecified atom stereocenters. The number of rotatable bonds is 5. The van der Waals surface area contributed by atoms with Gasteiger partial charge in [-0.15, -0.1) is 0 Å². The van der Waals surface area contributed by atoms with E-state index in [2.05, 4.69) is 0 Å². The van der Waals surface area contributed by atoms with Crippen LogP contribution in [0.2, 0.25) is 0 Å². The summed E-state index contributed by atoms with van der Waals surface area (Å²) in [5.41, 5.74) is 0.647. The van der Waals surface area contributed by atoms with E-state index >= 15 is 0 Å². The van der Waals surface area contributed by atoms with Gasteiger partial charge in [0.1, 0.15) is 5.75 Å². The Labute approximate surface area is 157 Å². The van der Waals surface area contributed by atoms with E-state index in [4.69, 9.17) is 0 Å². The van der Waals surface area contributed by atoms with Gasteiger partial charge in [-0.25, -0.2) is 8.42 Å². The van der Waals surface area contributed by atoms with Gasteiger partial charge in [-0.1, -0.05) is 30.3 Å². The lowest BCUT2D eigenvalue weighted by Crippen LogP contribution is -2.44. The van der Waals surface area contributed by atoms with Crippen molar-refractivity contribution in [3.8, 4) is 0 Å². The average molecular weight is 388 g/mol. The quantitative estimate of drug-likeness (QED) is 0.436. The summed E-state index contributed by atoms with van der Waals surface area (Å²) < 4.78 is 24.9.